The lowest BCUT2D eigenvalue weighted by molar-refractivity contribution is 0.00595. The number of aliphatic hydroxyl groups is 1. The quantitative estimate of drug-likeness (QED) is 0.875. The first-order valence-electron chi connectivity index (χ1n) is 6.97. The van der Waals surface area contributed by atoms with Gasteiger partial charge in [0.15, 0.2) is 0 Å². The standard InChI is InChI=1S/C17H18ClNO.ClH/c18-16-7-3-14(4-8-16)13-1-5-15(6-2-13)17(20)9-11-19-12-10-17;/h1-8,19-20H,9-12H2;1H. The lowest BCUT2D eigenvalue weighted by Crippen LogP contribution is -2.39. The summed E-state index contributed by atoms with van der Waals surface area (Å²) in [6.07, 6.45) is 1.54. The predicted octanol–water partition coefficient (Wildman–Crippen LogP) is 4.00. The Balaban J connectivity index is 0.00000161. The highest BCUT2D eigenvalue weighted by Gasteiger charge is 2.30. The second kappa shape index (κ2) is 6.80. The highest BCUT2D eigenvalue weighted by molar-refractivity contribution is 6.30. The van der Waals surface area contributed by atoms with Crippen LogP contribution in [-0.4, -0.2) is 18.2 Å². The van der Waals surface area contributed by atoms with Crippen LogP contribution in [0.3, 0.4) is 0 Å². The third-order valence-electron chi connectivity index (χ3n) is 4.03. The van der Waals surface area contributed by atoms with Crippen LogP contribution >= 0.6 is 24.0 Å². The molecule has 1 aliphatic rings. The first kappa shape index (κ1) is 16.3. The monoisotopic (exact) mass is 323 g/mol. The molecule has 0 atom stereocenters. The van der Waals surface area contributed by atoms with Crippen molar-refractivity contribution >= 4 is 24.0 Å². The van der Waals surface area contributed by atoms with Crippen molar-refractivity contribution in [1.29, 1.82) is 0 Å². The van der Waals surface area contributed by atoms with Gasteiger partial charge in [0.05, 0.1) is 5.60 Å². The summed E-state index contributed by atoms with van der Waals surface area (Å²) in [4.78, 5) is 0. The van der Waals surface area contributed by atoms with Crippen LogP contribution in [0.5, 0.6) is 0 Å². The summed E-state index contributed by atoms with van der Waals surface area (Å²) in [5, 5.41) is 14.7. The van der Waals surface area contributed by atoms with Gasteiger partial charge in [-0.2, -0.15) is 0 Å². The van der Waals surface area contributed by atoms with Gasteiger partial charge < -0.3 is 10.4 Å². The number of hydrogen-bond acceptors (Lipinski definition) is 2. The molecule has 2 nitrogen and oxygen atoms in total. The highest BCUT2D eigenvalue weighted by Crippen LogP contribution is 2.32. The molecule has 4 heteroatoms. The summed E-state index contributed by atoms with van der Waals surface area (Å²) in [6.45, 7) is 1.74. The van der Waals surface area contributed by atoms with Crippen LogP contribution in [0.25, 0.3) is 11.1 Å². The van der Waals surface area contributed by atoms with Crippen molar-refractivity contribution in [2.75, 3.05) is 13.1 Å². The van der Waals surface area contributed by atoms with E-state index in [-0.39, 0.29) is 12.4 Å². The van der Waals surface area contributed by atoms with Crippen molar-refractivity contribution in [2.45, 2.75) is 18.4 Å². The number of benzene rings is 2. The molecule has 21 heavy (non-hydrogen) atoms. The van der Waals surface area contributed by atoms with E-state index in [9.17, 15) is 5.11 Å². The zero-order chi connectivity index (χ0) is 14.0. The summed E-state index contributed by atoms with van der Waals surface area (Å²) < 4.78 is 0. The summed E-state index contributed by atoms with van der Waals surface area (Å²) in [5.74, 6) is 0. The second-order valence-corrected chi connectivity index (χ2v) is 5.80. The SMILES string of the molecule is Cl.OC1(c2ccc(-c3ccc(Cl)cc3)cc2)CCNCC1. The summed E-state index contributed by atoms with van der Waals surface area (Å²) >= 11 is 5.91. The zero-order valence-corrected chi connectivity index (χ0v) is 13.3. The second-order valence-electron chi connectivity index (χ2n) is 5.37. The molecule has 1 saturated heterocycles. The van der Waals surface area contributed by atoms with Crippen molar-refractivity contribution in [3.05, 3.63) is 59.1 Å². The van der Waals surface area contributed by atoms with Crippen LogP contribution in [0.2, 0.25) is 5.02 Å². The lowest BCUT2D eigenvalue weighted by atomic mass is 9.84. The molecule has 2 aromatic rings. The Morgan fingerprint density at radius 2 is 1.33 bits per heavy atom. The van der Waals surface area contributed by atoms with Gasteiger partial charge in [0, 0.05) is 5.02 Å². The first-order chi connectivity index (χ1) is 9.67. The Labute approximate surface area is 136 Å². The molecular formula is C17H19Cl2NO. The number of piperidine rings is 1. The van der Waals surface area contributed by atoms with Gasteiger partial charge in [-0.15, -0.1) is 12.4 Å². The number of rotatable bonds is 2. The average Bonchev–Trinajstić information content (AvgIpc) is 2.49. The van der Waals surface area contributed by atoms with Gasteiger partial charge in [0.25, 0.3) is 0 Å². The molecule has 0 unspecified atom stereocenters. The molecule has 0 spiro atoms. The van der Waals surface area contributed by atoms with Crippen molar-refractivity contribution in [2.24, 2.45) is 0 Å². The molecule has 2 aromatic carbocycles. The van der Waals surface area contributed by atoms with E-state index >= 15 is 0 Å². The van der Waals surface area contributed by atoms with E-state index in [1.54, 1.807) is 0 Å². The molecule has 1 fully saturated rings. The summed E-state index contributed by atoms with van der Waals surface area (Å²) in [5.41, 5.74) is 2.61. The maximum Gasteiger partial charge on any atom is 0.0920 e. The fourth-order valence-corrected chi connectivity index (χ4v) is 2.87. The number of nitrogens with one attached hydrogen (secondary N) is 1. The van der Waals surface area contributed by atoms with E-state index in [1.165, 1.54) is 0 Å². The maximum absolute atomic E-state index is 10.7. The van der Waals surface area contributed by atoms with E-state index in [0.717, 1.165) is 47.6 Å². The molecule has 0 bridgehead atoms. The number of halogens is 2. The Morgan fingerprint density at radius 3 is 1.86 bits per heavy atom. The van der Waals surface area contributed by atoms with Gasteiger partial charge in [-0.25, -0.2) is 0 Å². The van der Waals surface area contributed by atoms with E-state index in [1.807, 2.05) is 36.4 Å². The van der Waals surface area contributed by atoms with E-state index < -0.39 is 5.60 Å². The minimum Gasteiger partial charge on any atom is -0.385 e. The van der Waals surface area contributed by atoms with Crippen molar-refractivity contribution in [3.8, 4) is 11.1 Å². The molecule has 1 aliphatic heterocycles. The van der Waals surface area contributed by atoms with Crippen LogP contribution in [0.1, 0.15) is 18.4 Å². The van der Waals surface area contributed by atoms with Crippen LogP contribution in [0, 0.1) is 0 Å². The van der Waals surface area contributed by atoms with Gasteiger partial charge in [-0.1, -0.05) is 48.0 Å². The molecule has 3 rings (SSSR count). The van der Waals surface area contributed by atoms with Crippen LogP contribution < -0.4 is 5.32 Å². The van der Waals surface area contributed by atoms with Gasteiger partial charge in [-0.05, 0) is 54.8 Å². The topological polar surface area (TPSA) is 32.3 Å². The number of hydrogen-bond donors (Lipinski definition) is 2. The fourth-order valence-electron chi connectivity index (χ4n) is 2.74. The minimum absolute atomic E-state index is 0. The Bertz CT molecular complexity index is 575. The van der Waals surface area contributed by atoms with Gasteiger partial charge in [0.1, 0.15) is 0 Å². The van der Waals surface area contributed by atoms with Crippen LogP contribution in [0.15, 0.2) is 48.5 Å². The van der Waals surface area contributed by atoms with Gasteiger partial charge >= 0.3 is 0 Å². The molecule has 0 radical (unpaired) electrons. The molecule has 0 aromatic heterocycles. The van der Waals surface area contributed by atoms with Crippen molar-refractivity contribution < 1.29 is 5.11 Å². The minimum atomic E-state index is -0.677. The fraction of sp³-hybridized carbons (Fsp3) is 0.294. The third-order valence-corrected chi connectivity index (χ3v) is 4.28. The molecule has 0 aliphatic carbocycles. The Hall–Kier alpha value is -1.06. The van der Waals surface area contributed by atoms with Gasteiger partial charge in [0.2, 0.25) is 0 Å². The Kier molecular flexibility index (Phi) is 5.28. The van der Waals surface area contributed by atoms with E-state index in [2.05, 4.69) is 17.4 Å². The van der Waals surface area contributed by atoms with Gasteiger partial charge in [-0.3, -0.25) is 0 Å². The molecule has 112 valence electrons. The molecule has 0 saturated carbocycles. The first-order valence-corrected chi connectivity index (χ1v) is 7.35. The summed E-state index contributed by atoms with van der Waals surface area (Å²) in [6, 6.07) is 16.0. The van der Waals surface area contributed by atoms with E-state index in [0.29, 0.717) is 0 Å². The normalized spacial score (nSPS) is 17.0. The largest absolute Gasteiger partial charge is 0.385 e. The van der Waals surface area contributed by atoms with E-state index in [4.69, 9.17) is 11.6 Å². The summed E-state index contributed by atoms with van der Waals surface area (Å²) in [7, 11) is 0. The molecule has 1 heterocycles. The smallest absolute Gasteiger partial charge is 0.0920 e. The van der Waals surface area contributed by atoms with Crippen LogP contribution in [0.4, 0.5) is 0 Å². The molecule has 2 N–H and O–H groups in total. The lowest BCUT2D eigenvalue weighted by Gasteiger charge is -2.33. The molecule has 0 amide bonds. The molecular weight excluding hydrogens is 305 g/mol. The maximum atomic E-state index is 10.7. The predicted molar refractivity (Wildman–Crippen MR) is 90.1 cm³/mol. The van der Waals surface area contributed by atoms with Crippen molar-refractivity contribution in [3.63, 3.8) is 0 Å². The third kappa shape index (κ3) is 3.58. The zero-order valence-electron chi connectivity index (χ0n) is 11.7. The highest BCUT2D eigenvalue weighted by atomic mass is 35.5. The van der Waals surface area contributed by atoms with Crippen molar-refractivity contribution in [1.82, 2.24) is 5.32 Å². The average molecular weight is 324 g/mol. The Morgan fingerprint density at radius 1 is 0.857 bits per heavy atom. The van der Waals surface area contributed by atoms with Crippen LogP contribution in [-0.2, 0) is 5.60 Å².